The molecular weight excluding hydrogens is 128 g/mol. The highest BCUT2D eigenvalue weighted by molar-refractivity contribution is 4.89. The topological polar surface area (TPSA) is 40.5 Å². The fourth-order valence-corrected chi connectivity index (χ4v) is 0.594. The van der Waals surface area contributed by atoms with E-state index in [1.165, 1.54) is 6.08 Å². The minimum Gasteiger partial charge on any atom is -0.392 e. The minimum absolute atomic E-state index is 0.272. The lowest BCUT2D eigenvalue weighted by atomic mass is 10.1. The molecule has 0 amide bonds. The fourth-order valence-electron chi connectivity index (χ4n) is 0.594. The van der Waals surface area contributed by atoms with Crippen LogP contribution < -0.4 is 0 Å². The number of aliphatic hydroxyl groups excluding tert-OH is 2. The molecule has 0 aliphatic heterocycles. The predicted octanol–water partition coefficient (Wildman–Crippen LogP) is 0.308. The number of hydrogen-bond donors (Lipinski definition) is 2. The lowest BCUT2D eigenvalue weighted by Gasteiger charge is -2.08. The molecule has 2 atom stereocenters. The van der Waals surface area contributed by atoms with Gasteiger partial charge in [0, 0.05) is 12.8 Å². The molecule has 0 aromatic rings. The largest absolute Gasteiger partial charge is 0.392 e. The van der Waals surface area contributed by atoms with Crippen LogP contribution in [0.1, 0.15) is 12.8 Å². The van der Waals surface area contributed by atoms with Gasteiger partial charge in [0.25, 0.3) is 0 Å². The first-order valence-electron chi connectivity index (χ1n) is 3.12. The Morgan fingerprint density at radius 1 is 1.60 bits per heavy atom. The molecule has 0 aromatic carbocycles. The summed E-state index contributed by atoms with van der Waals surface area (Å²) >= 11 is 0. The van der Waals surface area contributed by atoms with Gasteiger partial charge in [-0.1, -0.05) is 6.08 Å². The number of hydrogen-bond acceptors (Lipinski definition) is 2. The molecule has 0 bridgehead atoms. The smallest absolute Gasteiger partial charge is 0.0743 e. The molecule has 0 aliphatic rings. The molecule has 0 aromatic heterocycles. The van der Waals surface area contributed by atoms with E-state index in [1.54, 1.807) is 0 Å². The summed E-state index contributed by atoms with van der Waals surface area (Å²) in [6.07, 6.45) is 5.60. The molecule has 2 heteroatoms. The standard InChI is InChI=1S/C8H12O2/c1-3-5-8(10)6-7(9)4-2/h1,4,7-10H,2,5-6H2. The van der Waals surface area contributed by atoms with Gasteiger partial charge in [-0.2, -0.15) is 0 Å². The second kappa shape index (κ2) is 5.04. The number of rotatable bonds is 4. The molecule has 0 heterocycles. The van der Waals surface area contributed by atoms with Gasteiger partial charge in [0.15, 0.2) is 0 Å². The van der Waals surface area contributed by atoms with Gasteiger partial charge < -0.3 is 10.2 Å². The van der Waals surface area contributed by atoms with E-state index in [4.69, 9.17) is 16.6 Å². The quantitative estimate of drug-likeness (QED) is 0.436. The summed E-state index contributed by atoms with van der Waals surface area (Å²) in [4.78, 5) is 0. The van der Waals surface area contributed by atoms with E-state index >= 15 is 0 Å². The maximum atomic E-state index is 9.00. The average molecular weight is 140 g/mol. The van der Waals surface area contributed by atoms with Gasteiger partial charge >= 0.3 is 0 Å². The van der Waals surface area contributed by atoms with Crippen molar-refractivity contribution in [2.75, 3.05) is 0 Å². The van der Waals surface area contributed by atoms with E-state index in [9.17, 15) is 0 Å². The van der Waals surface area contributed by atoms with Gasteiger partial charge in [-0.15, -0.1) is 18.9 Å². The lowest BCUT2D eigenvalue weighted by Crippen LogP contribution is -2.14. The molecule has 2 N–H and O–H groups in total. The van der Waals surface area contributed by atoms with Crippen molar-refractivity contribution in [1.82, 2.24) is 0 Å². The van der Waals surface area contributed by atoms with Gasteiger partial charge in [0.1, 0.15) is 0 Å². The molecular formula is C8H12O2. The summed E-state index contributed by atoms with van der Waals surface area (Å²) in [6.45, 7) is 3.36. The highest BCUT2D eigenvalue weighted by Gasteiger charge is 2.06. The molecule has 56 valence electrons. The van der Waals surface area contributed by atoms with Crippen LogP contribution in [0.3, 0.4) is 0 Å². The first kappa shape index (κ1) is 9.22. The van der Waals surface area contributed by atoms with Gasteiger partial charge in [-0.25, -0.2) is 0 Å². The van der Waals surface area contributed by atoms with Crippen LogP contribution in [0.2, 0.25) is 0 Å². The van der Waals surface area contributed by atoms with Crippen molar-refractivity contribution in [2.45, 2.75) is 25.0 Å². The van der Waals surface area contributed by atoms with Gasteiger partial charge in [0.05, 0.1) is 12.2 Å². The molecule has 10 heavy (non-hydrogen) atoms. The zero-order chi connectivity index (χ0) is 7.98. The summed E-state index contributed by atoms with van der Waals surface area (Å²) in [7, 11) is 0. The van der Waals surface area contributed by atoms with Gasteiger partial charge in [0.2, 0.25) is 0 Å². The third-order valence-electron chi connectivity index (χ3n) is 1.14. The van der Waals surface area contributed by atoms with E-state index in [1.807, 2.05) is 0 Å². The molecule has 0 saturated carbocycles. The van der Waals surface area contributed by atoms with Crippen molar-refractivity contribution in [1.29, 1.82) is 0 Å². The third-order valence-corrected chi connectivity index (χ3v) is 1.14. The summed E-state index contributed by atoms with van der Waals surface area (Å²) in [5, 5.41) is 17.9. The zero-order valence-electron chi connectivity index (χ0n) is 5.83. The fraction of sp³-hybridized carbons (Fsp3) is 0.500. The van der Waals surface area contributed by atoms with Gasteiger partial charge in [-0.3, -0.25) is 0 Å². The van der Waals surface area contributed by atoms with Crippen LogP contribution in [0, 0.1) is 12.3 Å². The predicted molar refractivity (Wildman–Crippen MR) is 40.3 cm³/mol. The van der Waals surface area contributed by atoms with Crippen LogP contribution in [0.5, 0.6) is 0 Å². The van der Waals surface area contributed by atoms with E-state index in [0.717, 1.165) is 0 Å². The van der Waals surface area contributed by atoms with E-state index in [2.05, 4.69) is 12.5 Å². The maximum absolute atomic E-state index is 9.00. The Morgan fingerprint density at radius 3 is 2.60 bits per heavy atom. The lowest BCUT2D eigenvalue weighted by molar-refractivity contribution is 0.108. The first-order chi connectivity index (χ1) is 4.70. The van der Waals surface area contributed by atoms with Crippen molar-refractivity contribution in [3.63, 3.8) is 0 Å². The van der Waals surface area contributed by atoms with E-state index in [-0.39, 0.29) is 12.8 Å². The number of terminal acetylenes is 1. The molecule has 0 rings (SSSR count). The molecule has 2 nitrogen and oxygen atoms in total. The van der Waals surface area contributed by atoms with E-state index in [0.29, 0.717) is 0 Å². The molecule has 2 unspecified atom stereocenters. The van der Waals surface area contributed by atoms with Crippen molar-refractivity contribution >= 4 is 0 Å². The Labute approximate surface area is 61.2 Å². The SMILES string of the molecule is C#CCC(O)CC(O)C=C. The molecule has 0 aliphatic carbocycles. The number of aliphatic hydroxyl groups is 2. The molecule has 0 spiro atoms. The van der Waals surface area contributed by atoms with Crippen LogP contribution in [0.15, 0.2) is 12.7 Å². The first-order valence-corrected chi connectivity index (χ1v) is 3.12. The normalized spacial score (nSPS) is 15.3. The van der Waals surface area contributed by atoms with Crippen LogP contribution in [0.4, 0.5) is 0 Å². The van der Waals surface area contributed by atoms with Crippen molar-refractivity contribution in [3.8, 4) is 12.3 Å². The van der Waals surface area contributed by atoms with Gasteiger partial charge in [-0.05, 0) is 0 Å². The van der Waals surface area contributed by atoms with Crippen LogP contribution in [0.25, 0.3) is 0 Å². The Kier molecular flexibility index (Phi) is 4.65. The summed E-state index contributed by atoms with van der Waals surface area (Å²) < 4.78 is 0. The molecule has 0 radical (unpaired) electrons. The van der Waals surface area contributed by atoms with Crippen molar-refractivity contribution in [3.05, 3.63) is 12.7 Å². The summed E-state index contributed by atoms with van der Waals surface area (Å²) in [5.74, 6) is 2.30. The van der Waals surface area contributed by atoms with Crippen LogP contribution in [-0.2, 0) is 0 Å². The summed E-state index contributed by atoms with van der Waals surface area (Å²) in [5.41, 5.74) is 0. The highest BCUT2D eigenvalue weighted by Crippen LogP contribution is 2.01. The molecule has 0 saturated heterocycles. The zero-order valence-corrected chi connectivity index (χ0v) is 5.83. The van der Waals surface area contributed by atoms with Crippen LogP contribution >= 0.6 is 0 Å². The third kappa shape index (κ3) is 4.13. The second-order valence-corrected chi connectivity index (χ2v) is 2.10. The maximum Gasteiger partial charge on any atom is 0.0743 e. The van der Waals surface area contributed by atoms with Crippen molar-refractivity contribution in [2.24, 2.45) is 0 Å². The average Bonchev–Trinajstić information content (AvgIpc) is 1.88. The minimum atomic E-state index is -0.650. The Hall–Kier alpha value is -0.780. The Balaban J connectivity index is 3.48. The van der Waals surface area contributed by atoms with E-state index < -0.39 is 12.2 Å². The Bertz CT molecular complexity index is 135. The second-order valence-electron chi connectivity index (χ2n) is 2.10. The monoisotopic (exact) mass is 140 g/mol. The summed E-state index contributed by atoms with van der Waals surface area (Å²) in [6, 6.07) is 0. The van der Waals surface area contributed by atoms with Crippen molar-refractivity contribution < 1.29 is 10.2 Å². The van der Waals surface area contributed by atoms with Crippen LogP contribution in [-0.4, -0.2) is 22.4 Å². The molecule has 0 fully saturated rings. The highest BCUT2D eigenvalue weighted by atomic mass is 16.3. The Morgan fingerprint density at radius 2 is 2.20 bits per heavy atom.